The monoisotopic (exact) mass is 300 g/mol. The zero-order chi connectivity index (χ0) is 15.9. The van der Waals surface area contributed by atoms with Gasteiger partial charge in [-0.25, -0.2) is 0 Å². The predicted molar refractivity (Wildman–Crippen MR) is 83.3 cm³/mol. The van der Waals surface area contributed by atoms with E-state index in [9.17, 15) is 15.0 Å². The molecule has 0 aromatic heterocycles. The molecule has 2 unspecified atom stereocenters. The molecule has 0 aliphatic heterocycles. The summed E-state index contributed by atoms with van der Waals surface area (Å²) in [5.41, 5.74) is 2.90. The smallest absolute Gasteiger partial charge is 0.308 e. The van der Waals surface area contributed by atoms with Gasteiger partial charge in [0.15, 0.2) is 0 Å². The highest BCUT2D eigenvalue weighted by atomic mass is 16.5. The number of ether oxygens (including phenoxy) is 1. The Hall–Kier alpha value is -2.17. The summed E-state index contributed by atoms with van der Waals surface area (Å²) in [5, 5.41) is 19.9. The highest BCUT2D eigenvalue weighted by Gasteiger charge is 2.21. The molecule has 116 valence electrons. The molecule has 0 amide bonds. The molecular weight excluding hydrogens is 280 g/mol. The third-order valence-corrected chi connectivity index (χ3v) is 3.54. The van der Waals surface area contributed by atoms with E-state index in [4.69, 9.17) is 0 Å². The van der Waals surface area contributed by atoms with E-state index in [1.54, 1.807) is 12.1 Å². The third-order valence-electron chi connectivity index (χ3n) is 3.54. The molecule has 2 rings (SSSR count). The van der Waals surface area contributed by atoms with Crippen molar-refractivity contribution in [3.05, 3.63) is 71.3 Å². The number of aliphatic hydroxyl groups is 2. The number of carbonyl (C=O) groups excluding carboxylic acids is 1. The number of aliphatic hydroxyl groups excluding tert-OH is 2. The Bertz CT molecular complexity index is 592. The van der Waals surface area contributed by atoms with Crippen LogP contribution in [-0.4, -0.2) is 29.4 Å². The lowest BCUT2D eigenvalue weighted by molar-refractivity contribution is -0.144. The van der Waals surface area contributed by atoms with Crippen molar-refractivity contribution >= 4 is 5.97 Å². The van der Waals surface area contributed by atoms with Gasteiger partial charge in [0.05, 0.1) is 19.6 Å². The highest BCUT2D eigenvalue weighted by Crippen LogP contribution is 2.20. The Morgan fingerprint density at radius 2 is 1.59 bits per heavy atom. The van der Waals surface area contributed by atoms with Crippen molar-refractivity contribution in [1.29, 1.82) is 0 Å². The highest BCUT2D eigenvalue weighted by molar-refractivity contribution is 5.69. The quantitative estimate of drug-likeness (QED) is 0.803. The number of carbonyl (C=O) groups is 1. The molecule has 0 aliphatic carbocycles. The van der Waals surface area contributed by atoms with Crippen LogP contribution in [0.25, 0.3) is 0 Å². The average Bonchev–Trinajstić information content (AvgIpc) is 2.55. The van der Waals surface area contributed by atoms with Crippen LogP contribution >= 0.6 is 0 Å². The zero-order valence-electron chi connectivity index (χ0n) is 12.5. The SMILES string of the molecule is COC(=O)CC(O)C(O)c1ccc(Cc2ccccc2)cc1. The van der Waals surface area contributed by atoms with Crippen molar-refractivity contribution in [3.8, 4) is 0 Å². The topological polar surface area (TPSA) is 66.8 Å². The minimum Gasteiger partial charge on any atom is -0.469 e. The van der Waals surface area contributed by atoms with Crippen LogP contribution in [0.1, 0.15) is 29.2 Å². The van der Waals surface area contributed by atoms with Gasteiger partial charge in [-0.1, -0.05) is 54.6 Å². The van der Waals surface area contributed by atoms with E-state index >= 15 is 0 Å². The predicted octanol–water partition coefficient (Wildman–Crippen LogP) is 2.23. The second kappa shape index (κ2) is 7.73. The Labute approximate surface area is 130 Å². The van der Waals surface area contributed by atoms with Crippen molar-refractivity contribution in [1.82, 2.24) is 0 Å². The molecule has 0 radical (unpaired) electrons. The van der Waals surface area contributed by atoms with Gasteiger partial charge in [-0.3, -0.25) is 4.79 Å². The molecule has 2 aromatic carbocycles. The Kier molecular flexibility index (Phi) is 5.69. The molecule has 4 heteroatoms. The summed E-state index contributed by atoms with van der Waals surface area (Å²) in [7, 11) is 1.25. The lowest BCUT2D eigenvalue weighted by Crippen LogP contribution is -2.22. The summed E-state index contributed by atoms with van der Waals surface area (Å²) in [6, 6.07) is 17.4. The van der Waals surface area contributed by atoms with Crippen LogP contribution in [0.4, 0.5) is 0 Å². The summed E-state index contributed by atoms with van der Waals surface area (Å²) < 4.78 is 4.48. The molecule has 0 aliphatic rings. The maximum atomic E-state index is 11.1. The first-order valence-corrected chi connectivity index (χ1v) is 7.16. The Morgan fingerprint density at radius 1 is 1.00 bits per heavy atom. The van der Waals surface area contributed by atoms with Crippen LogP contribution in [0, 0.1) is 0 Å². The number of methoxy groups -OCH3 is 1. The molecule has 4 nitrogen and oxygen atoms in total. The van der Waals surface area contributed by atoms with E-state index in [1.807, 2.05) is 30.3 Å². The number of esters is 1. The maximum absolute atomic E-state index is 11.1. The van der Waals surface area contributed by atoms with Crippen molar-refractivity contribution in [2.75, 3.05) is 7.11 Å². The van der Waals surface area contributed by atoms with E-state index < -0.39 is 18.2 Å². The number of rotatable bonds is 6. The number of hydrogen-bond acceptors (Lipinski definition) is 4. The fourth-order valence-corrected chi connectivity index (χ4v) is 2.25. The number of hydrogen-bond donors (Lipinski definition) is 2. The third kappa shape index (κ3) is 4.41. The molecule has 0 spiro atoms. The second-order valence-corrected chi connectivity index (χ2v) is 5.20. The van der Waals surface area contributed by atoms with Crippen LogP contribution in [0.2, 0.25) is 0 Å². The van der Waals surface area contributed by atoms with Gasteiger partial charge in [-0.15, -0.1) is 0 Å². The van der Waals surface area contributed by atoms with Gasteiger partial charge in [-0.05, 0) is 23.1 Å². The van der Waals surface area contributed by atoms with Crippen molar-refractivity contribution in [2.45, 2.75) is 25.0 Å². The van der Waals surface area contributed by atoms with Gasteiger partial charge in [0.2, 0.25) is 0 Å². The molecule has 0 heterocycles. The Morgan fingerprint density at radius 3 is 2.18 bits per heavy atom. The molecule has 0 fully saturated rings. The minimum atomic E-state index is -1.17. The van der Waals surface area contributed by atoms with Crippen molar-refractivity contribution in [2.24, 2.45) is 0 Å². The molecule has 0 saturated heterocycles. The zero-order valence-corrected chi connectivity index (χ0v) is 12.5. The van der Waals surface area contributed by atoms with E-state index in [0.29, 0.717) is 5.56 Å². The lowest BCUT2D eigenvalue weighted by atomic mass is 9.98. The lowest BCUT2D eigenvalue weighted by Gasteiger charge is -2.17. The summed E-state index contributed by atoms with van der Waals surface area (Å²) in [4.78, 5) is 11.1. The first kappa shape index (κ1) is 16.2. The first-order chi connectivity index (χ1) is 10.6. The standard InChI is InChI=1S/C18H20O4/c1-22-17(20)12-16(19)18(21)15-9-7-14(8-10-15)11-13-5-3-2-4-6-13/h2-10,16,18-19,21H,11-12H2,1H3. The van der Waals surface area contributed by atoms with Gasteiger partial charge in [0.1, 0.15) is 6.10 Å². The summed E-state index contributed by atoms with van der Waals surface area (Å²) in [6.07, 6.45) is -1.71. The number of benzene rings is 2. The fourth-order valence-electron chi connectivity index (χ4n) is 2.25. The molecule has 22 heavy (non-hydrogen) atoms. The summed E-state index contributed by atoms with van der Waals surface area (Å²) in [6.45, 7) is 0. The van der Waals surface area contributed by atoms with E-state index in [2.05, 4.69) is 16.9 Å². The Balaban J connectivity index is 2.00. The van der Waals surface area contributed by atoms with Gasteiger partial charge in [0, 0.05) is 0 Å². The second-order valence-electron chi connectivity index (χ2n) is 5.20. The van der Waals surface area contributed by atoms with Gasteiger partial charge in [0.25, 0.3) is 0 Å². The summed E-state index contributed by atoms with van der Waals surface area (Å²) >= 11 is 0. The van der Waals surface area contributed by atoms with Crippen LogP contribution < -0.4 is 0 Å². The van der Waals surface area contributed by atoms with Gasteiger partial charge in [-0.2, -0.15) is 0 Å². The molecule has 0 bridgehead atoms. The first-order valence-electron chi connectivity index (χ1n) is 7.16. The van der Waals surface area contributed by atoms with E-state index in [1.165, 1.54) is 12.7 Å². The van der Waals surface area contributed by atoms with Crippen LogP contribution in [0.5, 0.6) is 0 Å². The van der Waals surface area contributed by atoms with Gasteiger partial charge >= 0.3 is 5.97 Å². The summed E-state index contributed by atoms with van der Waals surface area (Å²) in [5.74, 6) is -0.549. The molecular formula is C18H20O4. The molecule has 0 saturated carbocycles. The average molecular weight is 300 g/mol. The normalized spacial score (nSPS) is 13.4. The van der Waals surface area contributed by atoms with Crippen molar-refractivity contribution in [3.63, 3.8) is 0 Å². The van der Waals surface area contributed by atoms with Crippen LogP contribution in [0.3, 0.4) is 0 Å². The molecule has 2 atom stereocenters. The maximum Gasteiger partial charge on any atom is 0.308 e. The van der Waals surface area contributed by atoms with Crippen molar-refractivity contribution < 1.29 is 19.7 Å². The van der Waals surface area contributed by atoms with Crippen LogP contribution in [0.15, 0.2) is 54.6 Å². The van der Waals surface area contributed by atoms with Crippen LogP contribution in [-0.2, 0) is 16.0 Å². The largest absolute Gasteiger partial charge is 0.469 e. The van der Waals surface area contributed by atoms with E-state index in [-0.39, 0.29) is 6.42 Å². The minimum absolute atomic E-state index is 0.233. The van der Waals surface area contributed by atoms with E-state index in [0.717, 1.165) is 12.0 Å². The fraction of sp³-hybridized carbons (Fsp3) is 0.278. The molecule has 2 N–H and O–H groups in total. The molecule has 2 aromatic rings. The van der Waals surface area contributed by atoms with Gasteiger partial charge < -0.3 is 14.9 Å².